The van der Waals surface area contributed by atoms with Gasteiger partial charge in [-0.2, -0.15) is 9.57 Å². The van der Waals surface area contributed by atoms with Crippen LogP contribution in [0, 0.1) is 11.3 Å². The molecule has 23 heavy (non-hydrogen) atoms. The lowest BCUT2D eigenvalue weighted by molar-refractivity contribution is 0.390. The van der Waals surface area contributed by atoms with Crippen molar-refractivity contribution >= 4 is 10.0 Å². The van der Waals surface area contributed by atoms with Gasteiger partial charge in [-0.1, -0.05) is 37.3 Å². The third-order valence-corrected chi connectivity index (χ3v) is 6.24. The molecule has 0 atom stereocenters. The van der Waals surface area contributed by atoms with Crippen molar-refractivity contribution in [2.24, 2.45) is 0 Å². The number of benzene rings is 2. The lowest BCUT2D eigenvalue weighted by atomic mass is 9.94. The number of fused-ring (bicyclic) bond motifs is 1. The Balaban J connectivity index is 1.99. The lowest BCUT2D eigenvalue weighted by Gasteiger charge is -2.29. The van der Waals surface area contributed by atoms with Gasteiger partial charge < -0.3 is 0 Å². The monoisotopic (exact) mass is 326 g/mol. The van der Waals surface area contributed by atoms with Crippen LogP contribution >= 0.6 is 0 Å². The van der Waals surface area contributed by atoms with Crippen molar-refractivity contribution in [3.63, 3.8) is 0 Å². The van der Waals surface area contributed by atoms with E-state index < -0.39 is 10.0 Å². The highest BCUT2D eigenvalue weighted by Crippen LogP contribution is 2.28. The molecule has 0 N–H and O–H groups in total. The number of hydrogen-bond donors (Lipinski definition) is 0. The second-order valence-electron chi connectivity index (χ2n) is 5.60. The quantitative estimate of drug-likeness (QED) is 0.871. The molecule has 0 saturated carbocycles. The fourth-order valence-corrected chi connectivity index (χ4v) is 4.68. The van der Waals surface area contributed by atoms with Gasteiger partial charge in [0.05, 0.1) is 10.5 Å². The molecule has 1 aliphatic rings. The van der Waals surface area contributed by atoms with Crippen LogP contribution in [0.5, 0.6) is 0 Å². The molecule has 0 fully saturated rings. The molecule has 0 aliphatic carbocycles. The van der Waals surface area contributed by atoms with E-state index in [9.17, 15) is 13.7 Å². The Bertz CT molecular complexity index is 882. The summed E-state index contributed by atoms with van der Waals surface area (Å²) in [5.74, 6) is 0. The molecule has 1 heterocycles. The van der Waals surface area contributed by atoms with Gasteiger partial charge in [-0.15, -0.1) is 0 Å². The lowest BCUT2D eigenvalue weighted by Crippen LogP contribution is -2.36. The minimum absolute atomic E-state index is 0.0950. The topological polar surface area (TPSA) is 61.2 Å². The van der Waals surface area contributed by atoms with E-state index in [1.807, 2.05) is 18.2 Å². The summed E-state index contributed by atoms with van der Waals surface area (Å²) >= 11 is 0. The summed E-state index contributed by atoms with van der Waals surface area (Å²) in [5.41, 5.74) is 3.82. The Labute approximate surface area is 137 Å². The molecule has 0 spiro atoms. The Hall–Kier alpha value is -2.16. The zero-order valence-corrected chi connectivity index (χ0v) is 13.8. The molecule has 1 aliphatic heterocycles. The highest BCUT2D eigenvalue weighted by Gasteiger charge is 2.30. The maximum atomic E-state index is 12.9. The summed E-state index contributed by atoms with van der Waals surface area (Å²) in [6, 6.07) is 14.4. The largest absolute Gasteiger partial charge is 0.244 e. The van der Waals surface area contributed by atoms with Gasteiger partial charge in [0.2, 0.25) is 10.0 Å². The van der Waals surface area contributed by atoms with Gasteiger partial charge >= 0.3 is 0 Å². The van der Waals surface area contributed by atoms with Gasteiger partial charge in [-0.05, 0) is 41.7 Å². The standard InChI is InChI=1S/C18H18N2O2S/c1-2-14-7-5-8-16-13-20(11-10-17(14)16)23(21,22)18-9-4-3-6-15(18)12-19/h3-9H,2,10-11,13H2,1H3. The average Bonchev–Trinajstić information content (AvgIpc) is 2.60. The normalized spacial score (nSPS) is 15.0. The molecule has 0 amide bonds. The minimum Gasteiger partial charge on any atom is -0.207 e. The second kappa shape index (κ2) is 6.15. The van der Waals surface area contributed by atoms with Gasteiger partial charge in [0, 0.05) is 13.1 Å². The Morgan fingerprint density at radius 2 is 1.96 bits per heavy atom. The van der Waals surface area contributed by atoms with Crippen molar-refractivity contribution in [1.29, 1.82) is 5.26 Å². The summed E-state index contributed by atoms with van der Waals surface area (Å²) in [6.07, 6.45) is 1.67. The molecular weight excluding hydrogens is 308 g/mol. The number of sulfonamides is 1. The van der Waals surface area contributed by atoms with Crippen LogP contribution in [0.4, 0.5) is 0 Å². The zero-order valence-electron chi connectivity index (χ0n) is 13.0. The van der Waals surface area contributed by atoms with Crippen LogP contribution in [-0.2, 0) is 29.4 Å². The summed E-state index contributed by atoms with van der Waals surface area (Å²) in [6.45, 7) is 2.93. The molecule has 0 aromatic heterocycles. The van der Waals surface area contributed by atoms with E-state index in [2.05, 4.69) is 13.0 Å². The van der Waals surface area contributed by atoms with Crippen molar-refractivity contribution in [2.45, 2.75) is 31.2 Å². The molecule has 0 unspecified atom stereocenters. The molecular formula is C18H18N2O2S. The number of hydrogen-bond acceptors (Lipinski definition) is 3. The molecule has 0 saturated heterocycles. The Morgan fingerprint density at radius 3 is 2.70 bits per heavy atom. The van der Waals surface area contributed by atoms with E-state index in [1.54, 1.807) is 18.2 Å². The molecule has 3 rings (SSSR count). The Morgan fingerprint density at radius 1 is 1.17 bits per heavy atom. The first kappa shape index (κ1) is 15.7. The molecule has 118 valence electrons. The van der Waals surface area contributed by atoms with Gasteiger partial charge in [0.15, 0.2) is 0 Å². The van der Waals surface area contributed by atoms with Gasteiger partial charge in [-0.25, -0.2) is 8.42 Å². The third kappa shape index (κ3) is 2.76. The summed E-state index contributed by atoms with van der Waals surface area (Å²) in [7, 11) is -3.66. The number of aryl methyl sites for hydroxylation is 1. The van der Waals surface area contributed by atoms with Crippen LogP contribution in [0.25, 0.3) is 0 Å². The molecule has 0 bridgehead atoms. The highest BCUT2D eigenvalue weighted by atomic mass is 32.2. The maximum Gasteiger partial charge on any atom is 0.244 e. The smallest absolute Gasteiger partial charge is 0.207 e. The zero-order chi connectivity index (χ0) is 16.4. The van der Waals surface area contributed by atoms with Crippen molar-refractivity contribution in [3.8, 4) is 6.07 Å². The van der Waals surface area contributed by atoms with Crippen LogP contribution in [0.2, 0.25) is 0 Å². The Kier molecular flexibility index (Phi) is 4.20. The van der Waals surface area contributed by atoms with Crippen molar-refractivity contribution in [3.05, 3.63) is 64.7 Å². The van der Waals surface area contributed by atoms with E-state index in [-0.39, 0.29) is 10.5 Å². The first-order valence-electron chi connectivity index (χ1n) is 7.67. The predicted octanol–water partition coefficient (Wildman–Crippen LogP) is 2.87. The van der Waals surface area contributed by atoms with E-state index >= 15 is 0 Å². The van der Waals surface area contributed by atoms with Crippen LogP contribution < -0.4 is 0 Å². The first-order valence-corrected chi connectivity index (χ1v) is 9.11. The van der Waals surface area contributed by atoms with Crippen LogP contribution in [0.3, 0.4) is 0 Å². The molecule has 0 radical (unpaired) electrons. The third-order valence-electron chi connectivity index (χ3n) is 4.33. The molecule has 5 heteroatoms. The predicted molar refractivity (Wildman–Crippen MR) is 88.3 cm³/mol. The molecule has 4 nitrogen and oxygen atoms in total. The number of nitriles is 1. The maximum absolute atomic E-state index is 12.9. The van der Waals surface area contributed by atoms with E-state index in [4.69, 9.17) is 0 Å². The fourth-order valence-electron chi connectivity index (χ4n) is 3.12. The van der Waals surface area contributed by atoms with Crippen LogP contribution in [-0.4, -0.2) is 19.3 Å². The van der Waals surface area contributed by atoms with E-state index in [0.29, 0.717) is 19.5 Å². The van der Waals surface area contributed by atoms with Crippen LogP contribution in [0.1, 0.15) is 29.2 Å². The van der Waals surface area contributed by atoms with Crippen molar-refractivity contribution in [1.82, 2.24) is 4.31 Å². The van der Waals surface area contributed by atoms with Crippen LogP contribution in [0.15, 0.2) is 47.4 Å². The summed E-state index contributed by atoms with van der Waals surface area (Å²) in [5, 5.41) is 9.17. The van der Waals surface area contributed by atoms with E-state index in [0.717, 1.165) is 12.0 Å². The number of rotatable bonds is 3. The molecule has 2 aromatic carbocycles. The first-order chi connectivity index (χ1) is 11.1. The summed E-state index contributed by atoms with van der Waals surface area (Å²) in [4.78, 5) is 0.0950. The second-order valence-corrected chi connectivity index (χ2v) is 7.51. The fraction of sp³-hybridized carbons (Fsp3) is 0.278. The van der Waals surface area contributed by atoms with Gasteiger partial charge in [0.25, 0.3) is 0 Å². The SMILES string of the molecule is CCc1cccc2c1CCN(S(=O)(=O)c1ccccc1C#N)C2. The minimum atomic E-state index is -3.66. The average molecular weight is 326 g/mol. The summed E-state index contributed by atoms with van der Waals surface area (Å²) < 4.78 is 27.3. The number of nitrogens with zero attached hydrogens (tertiary/aromatic N) is 2. The van der Waals surface area contributed by atoms with E-state index in [1.165, 1.54) is 21.5 Å². The van der Waals surface area contributed by atoms with Crippen molar-refractivity contribution in [2.75, 3.05) is 6.54 Å². The van der Waals surface area contributed by atoms with Gasteiger partial charge in [0.1, 0.15) is 6.07 Å². The van der Waals surface area contributed by atoms with Gasteiger partial charge in [-0.3, -0.25) is 0 Å². The molecule has 2 aromatic rings. The van der Waals surface area contributed by atoms with Crippen molar-refractivity contribution < 1.29 is 8.42 Å². The highest BCUT2D eigenvalue weighted by molar-refractivity contribution is 7.89.